The standard InChI is InChI=1S/C30H61N3O16/c1-21(32-23(3)38)29(48-27(19-36)25(40)17-34)46-15-13-44-11-9-42-7-5-31-6-8-43-10-12-45-14-16-47-30(22(2)33-24(4)39)49-28(20-37)26(41)18-35/h21-22,25-31,34-37,40-41H,5-20H2,1-4H3,(H,32,38)(H,33,39)/t21?,22?,25-,26-,27?,28?,29-,30-/m1/s1. The van der Waals surface area contributed by atoms with Gasteiger partial charge in [-0.1, -0.05) is 0 Å². The second-order valence-electron chi connectivity index (χ2n) is 10.9. The van der Waals surface area contributed by atoms with Crippen molar-refractivity contribution in [3.63, 3.8) is 0 Å². The lowest BCUT2D eigenvalue weighted by Crippen LogP contribution is -2.48. The molecule has 0 aliphatic rings. The number of aliphatic hydroxyl groups excluding tert-OH is 6. The molecule has 0 aromatic rings. The highest BCUT2D eigenvalue weighted by atomic mass is 16.7. The summed E-state index contributed by atoms with van der Waals surface area (Å²) in [6.07, 6.45) is -6.79. The van der Waals surface area contributed by atoms with Gasteiger partial charge in [-0.2, -0.15) is 0 Å². The van der Waals surface area contributed by atoms with E-state index in [0.717, 1.165) is 0 Å². The van der Waals surface area contributed by atoms with Crippen LogP contribution in [0.15, 0.2) is 0 Å². The van der Waals surface area contributed by atoms with Crippen LogP contribution in [0.3, 0.4) is 0 Å². The Hall–Kier alpha value is -1.66. The van der Waals surface area contributed by atoms with Gasteiger partial charge < -0.3 is 84.5 Å². The van der Waals surface area contributed by atoms with Crippen LogP contribution in [-0.4, -0.2) is 197 Å². The summed E-state index contributed by atoms with van der Waals surface area (Å²) in [4.78, 5) is 22.8. The summed E-state index contributed by atoms with van der Waals surface area (Å²) in [5.74, 6) is -0.612. The van der Waals surface area contributed by atoms with Crippen molar-refractivity contribution < 1.29 is 78.1 Å². The molecule has 0 bridgehead atoms. The third-order valence-electron chi connectivity index (χ3n) is 6.50. The van der Waals surface area contributed by atoms with Gasteiger partial charge in [0.15, 0.2) is 12.6 Å². The molecule has 2 amide bonds. The van der Waals surface area contributed by atoms with Crippen molar-refractivity contribution >= 4 is 11.8 Å². The van der Waals surface area contributed by atoms with Crippen molar-refractivity contribution in [3.8, 4) is 0 Å². The highest BCUT2D eigenvalue weighted by Crippen LogP contribution is 2.11. The molecule has 0 aliphatic heterocycles. The van der Waals surface area contributed by atoms with Crippen molar-refractivity contribution in [2.24, 2.45) is 0 Å². The zero-order valence-electron chi connectivity index (χ0n) is 29.2. The molecule has 19 nitrogen and oxygen atoms in total. The molecule has 0 spiro atoms. The van der Waals surface area contributed by atoms with Gasteiger partial charge in [-0.25, -0.2) is 0 Å². The maximum absolute atomic E-state index is 11.4. The Bertz CT molecular complexity index is 742. The maximum Gasteiger partial charge on any atom is 0.217 e. The normalized spacial score (nSPS) is 16.7. The second-order valence-corrected chi connectivity index (χ2v) is 10.9. The van der Waals surface area contributed by atoms with Gasteiger partial charge in [-0.05, 0) is 13.8 Å². The zero-order valence-corrected chi connectivity index (χ0v) is 29.2. The summed E-state index contributed by atoms with van der Waals surface area (Å²) in [7, 11) is 0. The molecule has 8 atom stereocenters. The third kappa shape index (κ3) is 25.0. The minimum Gasteiger partial charge on any atom is -0.394 e. The van der Waals surface area contributed by atoms with Gasteiger partial charge >= 0.3 is 0 Å². The van der Waals surface area contributed by atoms with E-state index in [9.17, 15) is 30.0 Å². The van der Waals surface area contributed by atoms with Gasteiger partial charge in [0.25, 0.3) is 0 Å². The highest BCUT2D eigenvalue weighted by Gasteiger charge is 2.29. The van der Waals surface area contributed by atoms with E-state index < -0.39 is 75.5 Å². The van der Waals surface area contributed by atoms with E-state index in [0.29, 0.717) is 52.7 Å². The van der Waals surface area contributed by atoms with E-state index in [1.165, 1.54) is 13.8 Å². The quantitative estimate of drug-likeness (QED) is 0.0226. The fourth-order valence-corrected chi connectivity index (χ4v) is 3.97. The molecule has 4 unspecified atom stereocenters. The predicted molar refractivity (Wildman–Crippen MR) is 172 cm³/mol. The van der Waals surface area contributed by atoms with E-state index in [-0.39, 0.29) is 38.2 Å². The van der Waals surface area contributed by atoms with Gasteiger partial charge in [0.05, 0.1) is 105 Å². The fourth-order valence-electron chi connectivity index (χ4n) is 3.97. The van der Waals surface area contributed by atoms with Gasteiger partial charge in [0.2, 0.25) is 11.8 Å². The third-order valence-corrected chi connectivity index (χ3v) is 6.50. The van der Waals surface area contributed by atoms with E-state index in [1.54, 1.807) is 13.8 Å². The number of ether oxygens (including phenoxy) is 8. The molecule has 19 heteroatoms. The van der Waals surface area contributed by atoms with E-state index in [1.807, 2.05) is 0 Å². The number of nitrogens with one attached hydrogen (secondary N) is 3. The monoisotopic (exact) mass is 719 g/mol. The van der Waals surface area contributed by atoms with E-state index in [4.69, 9.17) is 48.1 Å². The SMILES string of the molecule is CC(=O)NC(C)[C@H](OCCOCCOCCNCCOCCOCCO[C@H](OC(CO)[C@H](O)CO)C(C)NC(C)=O)OC(CO)[C@H](O)CO. The van der Waals surface area contributed by atoms with Crippen LogP contribution in [0.1, 0.15) is 27.7 Å². The smallest absolute Gasteiger partial charge is 0.217 e. The van der Waals surface area contributed by atoms with Crippen molar-refractivity contribution in [2.75, 3.05) is 106 Å². The molecule has 0 aromatic heterocycles. The van der Waals surface area contributed by atoms with Gasteiger partial charge in [0.1, 0.15) is 24.4 Å². The molecular formula is C30H61N3O16. The molecule has 0 fully saturated rings. The van der Waals surface area contributed by atoms with Crippen molar-refractivity contribution in [3.05, 3.63) is 0 Å². The average Bonchev–Trinajstić information content (AvgIpc) is 3.06. The van der Waals surface area contributed by atoms with E-state index in [2.05, 4.69) is 16.0 Å². The first kappa shape index (κ1) is 47.3. The van der Waals surface area contributed by atoms with E-state index >= 15 is 0 Å². The Balaban J connectivity index is 3.92. The molecular weight excluding hydrogens is 658 g/mol. The topological polar surface area (TPSA) is 265 Å². The minimum absolute atomic E-state index is 0.112. The summed E-state index contributed by atoms with van der Waals surface area (Å²) < 4.78 is 44.4. The maximum atomic E-state index is 11.4. The van der Waals surface area contributed by atoms with Crippen LogP contribution in [-0.2, 0) is 47.5 Å². The fraction of sp³-hybridized carbons (Fsp3) is 0.933. The van der Waals surface area contributed by atoms with Gasteiger partial charge in [-0.15, -0.1) is 0 Å². The number of aliphatic hydroxyl groups is 6. The summed E-state index contributed by atoms with van der Waals surface area (Å²) in [5.41, 5.74) is 0. The molecule has 0 rings (SSSR count). The highest BCUT2D eigenvalue weighted by molar-refractivity contribution is 5.73. The molecule has 49 heavy (non-hydrogen) atoms. The largest absolute Gasteiger partial charge is 0.394 e. The van der Waals surface area contributed by atoms with Crippen LogP contribution in [0.25, 0.3) is 0 Å². The number of hydrogen-bond donors (Lipinski definition) is 9. The molecule has 0 heterocycles. The molecule has 0 aliphatic carbocycles. The van der Waals surface area contributed by atoms with Crippen LogP contribution < -0.4 is 16.0 Å². The van der Waals surface area contributed by atoms with Crippen molar-refractivity contribution in [2.45, 2.75) is 76.8 Å². The lowest BCUT2D eigenvalue weighted by atomic mass is 10.2. The first-order valence-electron chi connectivity index (χ1n) is 16.4. The van der Waals surface area contributed by atoms with Crippen LogP contribution in [0.4, 0.5) is 0 Å². The molecule has 292 valence electrons. The molecule has 9 N–H and O–H groups in total. The molecule has 0 radical (unpaired) electrons. The summed E-state index contributed by atoms with van der Waals surface area (Å²) in [6.45, 7) is 7.83. The van der Waals surface area contributed by atoms with Gasteiger partial charge in [0, 0.05) is 26.9 Å². The van der Waals surface area contributed by atoms with Crippen LogP contribution >= 0.6 is 0 Å². The Labute approximate surface area is 288 Å². The Morgan fingerprint density at radius 2 is 0.857 bits per heavy atom. The molecule has 0 saturated heterocycles. The van der Waals surface area contributed by atoms with Crippen molar-refractivity contribution in [1.82, 2.24) is 16.0 Å². The first-order chi connectivity index (χ1) is 23.5. The summed E-state index contributed by atoms with van der Waals surface area (Å²) >= 11 is 0. The average molecular weight is 720 g/mol. The van der Waals surface area contributed by atoms with Gasteiger partial charge in [-0.3, -0.25) is 9.59 Å². The number of hydrogen-bond acceptors (Lipinski definition) is 17. The first-order valence-corrected chi connectivity index (χ1v) is 16.4. The summed E-state index contributed by atoms with van der Waals surface area (Å²) in [5, 5.41) is 65.1. The Morgan fingerprint density at radius 3 is 1.16 bits per heavy atom. The number of carbonyl (C=O) groups excluding carboxylic acids is 2. The van der Waals surface area contributed by atoms with Crippen LogP contribution in [0, 0.1) is 0 Å². The Kier molecular flexibility index (Phi) is 30.1. The zero-order chi connectivity index (χ0) is 36.9. The second kappa shape index (κ2) is 31.1. The van der Waals surface area contributed by atoms with Crippen LogP contribution in [0.5, 0.6) is 0 Å². The number of carbonyl (C=O) groups is 2. The summed E-state index contributed by atoms with van der Waals surface area (Å²) in [6, 6.07) is -1.18. The molecule has 0 saturated carbocycles. The lowest BCUT2D eigenvalue weighted by Gasteiger charge is -2.30. The number of amides is 2. The van der Waals surface area contributed by atoms with Crippen LogP contribution in [0.2, 0.25) is 0 Å². The Morgan fingerprint density at radius 1 is 0.531 bits per heavy atom. The van der Waals surface area contributed by atoms with Crippen molar-refractivity contribution in [1.29, 1.82) is 0 Å². The minimum atomic E-state index is -1.31. The lowest BCUT2D eigenvalue weighted by molar-refractivity contribution is -0.217. The molecule has 0 aromatic carbocycles. The number of rotatable bonds is 34. The predicted octanol–water partition coefficient (Wildman–Crippen LogP) is -4.16.